The van der Waals surface area contributed by atoms with Crippen molar-refractivity contribution in [3.8, 4) is 5.75 Å². The molecule has 0 spiro atoms. The topological polar surface area (TPSA) is 42.0 Å². The first-order chi connectivity index (χ1) is 10.8. The van der Waals surface area contributed by atoms with Gasteiger partial charge in [-0.2, -0.15) is 0 Å². The number of nitrogens with zero attached hydrogens (tertiary/aromatic N) is 2. The summed E-state index contributed by atoms with van der Waals surface area (Å²) in [4.78, 5) is 16.8. The lowest BCUT2D eigenvalue weighted by molar-refractivity contribution is 0.0338. The van der Waals surface area contributed by atoms with Crippen LogP contribution in [0.4, 0.5) is 0 Å². The third kappa shape index (κ3) is 3.56. The normalized spacial score (nSPS) is 19.4. The van der Waals surface area contributed by atoms with Crippen LogP contribution in [0.25, 0.3) is 0 Å². The highest BCUT2D eigenvalue weighted by atomic mass is 32.2. The Balaban J connectivity index is 1.77. The van der Waals surface area contributed by atoms with E-state index in [0.29, 0.717) is 0 Å². The SMILES string of the molecule is COc1ccc(C(=O)N2CCSC2)cc1CN1CCOCC1. The maximum atomic E-state index is 12.5. The van der Waals surface area contributed by atoms with Gasteiger partial charge in [-0.05, 0) is 18.2 Å². The van der Waals surface area contributed by atoms with Crippen LogP contribution in [0.15, 0.2) is 18.2 Å². The van der Waals surface area contributed by atoms with E-state index in [9.17, 15) is 4.79 Å². The molecule has 0 unspecified atom stereocenters. The van der Waals surface area contributed by atoms with Crippen LogP contribution in [0.3, 0.4) is 0 Å². The molecule has 2 heterocycles. The lowest BCUT2D eigenvalue weighted by atomic mass is 10.1. The number of morpholine rings is 1. The predicted molar refractivity (Wildman–Crippen MR) is 87.5 cm³/mol. The maximum absolute atomic E-state index is 12.5. The van der Waals surface area contributed by atoms with Crippen molar-refractivity contribution in [3.05, 3.63) is 29.3 Å². The van der Waals surface area contributed by atoms with Crippen LogP contribution in [0.1, 0.15) is 15.9 Å². The lowest BCUT2D eigenvalue weighted by Crippen LogP contribution is -2.35. The van der Waals surface area contributed by atoms with Gasteiger partial charge in [-0.1, -0.05) is 0 Å². The molecule has 22 heavy (non-hydrogen) atoms. The van der Waals surface area contributed by atoms with Gasteiger partial charge in [0.05, 0.1) is 26.2 Å². The number of methoxy groups -OCH3 is 1. The van der Waals surface area contributed by atoms with Gasteiger partial charge in [0.25, 0.3) is 5.91 Å². The predicted octanol–water partition coefficient (Wildman–Crippen LogP) is 1.67. The molecule has 1 aromatic rings. The molecule has 2 saturated heterocycles. The molecule has 0 saturated carbocycles. The molecule has 0 radical (unpaired) electrons. The monoisotopic (exact) mass is 322 g/mol. The van der Waals surface area contributed by atoms with Crippen molar-refractivity contribution in [2.45, 2.75) is 6.54 Å². The fourth-order valence-corrected chi connectivity index (χ4v) is 3.74. The fourth-order valence-electron chi connectivity index (χ4n) is 2.79. The lowest BCUT2D eigenvalue weighted by Gasteiger charge is -2.27. The average molecular weight is 322 g/mol. The molecule has 0 N–H and O–H groups in total. The van der Waals surface area contributed by atoms with E-state index in [1.807, 2.05) is 23.1 Å². The largest absolute Gasteiger partial charge is 0.496 e. The molecule has 2 aliphatic rings. The Bertz CT molecular complexity index is 526. The average Bonchev–Trinajstić information content (AvgIpc) is 3.09. The van der Waals surface area contributed by atoms with Crippen molar-refractivity contribution >= 4 is 17.7 Å². The van der Waals surface area contributed by atoms with Crippen LogP contribution in [0.2, 0.25) is 0 Å². The van der Waals surface area contributed by atoms with Gasteiger partial charge in [0.1, 0.15) is 5.75 Å². The molecule has 0 bridgehead atoms. The molecule has 5 nitrogen and oxygen atoms in total. The van der Waals surface area contributed by atoms with Gasteiger partial charge in [-0.3, -0.25) is 9.69 Å². The summed E-state index contributed by atoms with van der Waals surface area (Å²) in [6.45, 7) is 5.02. The molecule has 2 aliphatic heterocycles. The van der Waals surface area contributed by atoms with E-state index < -0.39 is 0 Å². The molecule has 0 atom stereocenters. The second-order valence-electron chi connectivity index (χ2n) is 5.52. The van der Waals surface area contributed by atoms with Crippen molar-refractivity contribution in [3.63, 3.8) is 0 Å². The Kier molecular flexibility index (Phi) is 5.23. The Morgan fingerprint density at radius 2 is 2.14 bits per heavy atom. The number of amides is 1. The summed E-state index contributed by atoms with van der Waals surface area (Å²) in [7, 11) is 1.68. The smallest absolute Gasteiger partial charge is 0.254 e. The van der Waals surface area contributed by atoms with Gasteiger partial charge in [0.2, 0.25) is 0 Å². The van der Waals surface area contributed by atoms with E-state index >= 15 is 0 Å². The third-order valence-corrected chi connectivity index (χ3v) is 5.03. The number of carbonyl (C=O) groups excluding carboxylic acids is 1. The van der Waals surface area contributed by atoms with Gasteiger partial charge >= 0.3 is 0 Å². The van der Waals surface area contributed by atoms with Crippen LogP contribution in [0.5, 0.6) is 5.75 Å². The van der Waals surface area contributed by atoms with E-state index in [1.54, 1.807) is 18.9 Å². The summed E-state index contributed by atoms with van der Waals surface area (Å²) in [5.74, 6) is 2.79. The summed E-state index contributed by atoms with van der Waals surface area (Å²) in [6, 6.07) is 5.76. The fraction of sp³-hybridized carbons (Fsp3) is 0.562. The Labute approximate surface area is 135 Å². The van der Waals surface area contributed by atoms with E-state index in [1.165, 1.54) is 0 Å². The molecule has 3 rings (SSSR count). The van der Waals surface area contributed by atoms with Crippen molar-refractivity contribution in [1.29, 1.82) is 0 Å². The molecule has 0 aliphatic carbocycles. The zero-order valence-corrected chi connectivity index (χ0v) is 13.7. The van der Waals surface area contributed by atoms with Gasteiger partial charge < -0.3 is 14.4 Å². The minimum absolute atomic E-state index is 0.121. The van der Waals surface area contributed by atoms with Crippen LogP contribution in [0, 0.1) is 0 Å². The Morgan fingerprint density at radius 3 is 2.82 bits per heavy atom. The van der Waals surface area contributed by atoms with Crippen molar-refractivity contribution < 1.29 is 14.3 Å². The summed E-state index contributed by atoms with van der Waals surface area (Å²) < 4.78 is 10.8. The van der Waals surface area contributed by atoms with Gasteiger partial charge in [0.15, 0.2) is 0 Å². The molecular weight excluding hydrogens is 300 g/mol. The van der Waals surface area contributed by atoms with Gasteiger partial charge in [-0.25, -0.2) is 0 Å². The minimum atomic E-state index is 0.121. The molecular formula is C16H22N2O3S. The van der Waals surface area contributed by atoms with E-state index in [2.05, 4.69) is 4.90 Å². The highest BCUT2D eigenvalue weighted by Crippen LogP contribution is 2.24. The molecule has 6 heteroatoms. The number of thioether (sulfide) groups is 1. The first kappa shape index (κ1) is 15.6. The van der Waals surface area contributed by atoms with Gasteiger partial charge in [0, 0.05) is 43.1 Å². The summed E-state index contributed by atoms with van der Waals surface area (Å²) in [5, 5.41) is 0. The van der Waals surface area contributed by atoms with Crippen LogP contribution >= 0.6 is 11.8 Å². The van der Waals surface area contributed by atoms with Crippen LogP contribution in [-0.4, -0.2) is 67.3 Å². The molecule has 1 amide bonds. The number of hydrogen-bond donors (Lipinski definition) is 0. The third-order valence-electron chi connectivity index (χ3n) is 4.06. The second kappa shape index (κ2) is 7.35. The first-order valence-corrected chi connectivity index (χ1v) is 8.77. The quantitative estimate of drug-likeness (QED) is 0.843. The molecule has 0 aromatic heterocycles. The van der Waals surface area contributed by atoms with E-state index in [4.69, 9.17) is 9.47 Å². The zero-order chi connectivity index (χ0) is 15.4. The maximum Gasteiger partial charge on any atom is 0.254 e. The Morgan fingerprint density at radius 1 is 1.32 bits per heavy atom. The van der Waals surface area contributed by atoms with Gasteiger partial charge in [-0.15, -0.1) is 11.8 Å². The highest BCUT2D eigenvalue weighted by molar-refractivity contribution is 7.99. The zero-order valence-electron chi connectivity index (χ0n) is 12.9. The second-order valence-corrected chi connectivity index (χ2v) is 6.60. The number of benzene rings is 1. The minimum Gasteiger partial charge on any atom is -0.496 e. The van der Waals surface area contributed by atoms with E-state index in [0.717, 1.165) is 67.9 Å². The number of carbonyl (C=O) groups is 1. The van der Waals surface area contributed by atoms with Crippen LogP contribution in [-0.2, 0) is 11.3 Å². The first-order valence-electron chi connectivity index (χ1n) is 7.62. The number of hydrogen-bond acceptors (Lipinski definition) is 5. The Hall–Kier alpha value is -1.24. The van der Waals surface area contributed by atoms with Crippen molar-refractivity contribution in [2.24, 2.45) is 0 Å². The summed E-state index contributed by atoms with van der Waals surface area (Å²) in [6.07, 6.45) is 0. The molecule has 1 aromatic carbocycles. The van der Waals surface area contributed by atoms with E-state index in [-0.39, 0.29) is 5.91 Å². The highest BCUT2D eigenvalue weighted by Gasteiger charge is 2.21. The standard InChI is InChI=1S/C16H22N2O3S/c1-20-15-3-2-13(16(19)18-6-9-22-12-18)10-14(15)11-17-4-7-21-8-5-17/h2-3,10H,4-9,11-12H2,1H3. The summed E-state index contributed by atoms with van der Waals surface area (Å²) >= 11 is 1.80. The van der Waals surface area contributed by atoms with Crippen molar-refractivity contribution in [1.82, 2.24) is 9.80 Å². The van der Waals surface area contributed by atoms with Crippen molar-refractivity contribution in [2.75, 3.05) is 51.6 Å². The molecule has 2 fully saturated rings. The van der Waals surface area contributed by atoms with Crippen LogP contribution < -0.4 is 4.74 Å². The summed E-state index contributed by atoms with van der Waals surface area (Å²) in [5.41, 5.74) is 1.83. The number of ether oxygens (including phenoxy) is 2. The molecule has 120 valence electrons. The number of rotatable bonds is 4.